The van der Waals surface area contributed by atoms with E-state index in [9.17, 15) is 8.78 Å². The van der Waals surface area contributed by atoms with E-state index in [0.717, 1.165) is 24.6 Å². The fourth-order valence-corrected chi connectivity index (χ4v) is 2.80. The number of guanidine groups is 1. The number of halogens is 3. The van der Waals surface area contributed by atoms with Crippen LogP contribution in [0.2, 0.25) is 0 Å². The molecule has 0 amide bonds. The first-order chi connectivity index (χ1) is 13.4. The van der Waals surface area contributed by atoms with Crippen LogP contribution in [0.5, 0.6) is 11.5 Å². The first-order valence-corrected chi connectivity index (χ1v) is 9.16. The van der Waals surface area contributed by atoms with Gasteiger partial charge < -0.3 is 24.3 Å². The van der Waals surface area contributed by atoms with Crippen molar-refractivity contribution >= 4 is 29.9 Å². The molecule has 0 unspecified atom stereocenters. The Labute approximate surface area is 187 Å². The molecule has 0 radical (unpaired) electrons. The first-order valence-electron chi connectivity index (χ1n) is 9.16. The Balaban J connectivity index is 0.00000420. The van der Waals surface area contributed by atoms with Crippen molar-refractivity contribution in [2.45, 2.75) is 26.5 Å². The number of alkyl halides is 2. The standard InChI is InChI=1S/C20H28F2N4O2.HI/c1-5-23-20(26(3)14-16-7-6-12-25(16)2)24-11-10-15-8-9-17(27-4)18(13-15)28-19(21)22;/h6-9,12-13,19H,5,10-11,14H2,1-4H3,(H,23,24);1H. The number of methoxy groups -OCH3 is 1. The number of rotatable bonds is 9. The van der Waals surface area contributed by atoms with Crippen molar-refractivity contribution in [3.63, 3.8) is 0 Å². The van der Waals surface area contributed by atoms with E-state index < -0.39 is 6.61 Å². The van der Waals surface area contributed by atoms with E-state index in [4.69, 9.17) is 4.74 Å². The summed E-state index contributed by atoms with van der Waals surface area (Å²) in [6.45, 7) is 1.12. The van der Waals surface area contributed by atoms with Gasteiger partial charge in [-0.1, -0.05) is 6.07 Å². The first kappa shape index (κ1) is 25.0. The molecule has 1 N–H and O–H groups in total. The zero-order valence-corrected chi connectivity index (χ0v) is 19.5. The van der Waals surface area contributed by atoms with Crippen LogP contribution in [0.3, 0.4) is 0 Å². The Morgan fingerprint density at radius 2 is 2.03 bits per heavy atom. The van der Waals surface area contributed by atoms with Crippen molar-refractivity contribution in [1.82, 2.24) is 14.8 Å². The molecule has 0 saturated carbocycles. The molecule has 1 heterocycles. The van der Waals surface area contributed by atoms with Crippen LogP contribution in [-0.4, -0.2) is 49.3 Å². The molecule has 0 spiro atoms. The number of hydrogen-bond acceptors (Lipinski definition) is 3. The summed E-state index contributed by atoms with van der Waals surface area (Å²) in [6.07, 6.45) is 2.60. The second-order valence-electron chi connectivity index (χ2n) is 6.32. The predicted octanol–water partition coefficient (Wildman–Crippen LogP) is 3.89. The van der Waals surface area contributed by atoms with E-state index in [0.29, 0.717) is 13.0 Å². The Morgan fingerprint density at radius 3 is 2.62 bits per heavy atom. The molecule has 2 aromatic rings. The summed E-state index contributed by atoms with van der Waals surface area (Å²) in [4.78, 5) is 6.71. The van der Waals surface area contributed by atoms with Gasteiger partial charge in [0, 0.05) is 39.1 Å². The zero-order valence-electron chi connectivity index (χ0n) is 17.2. The van der Waals surface area contributed by atoms with Crippen molar-refractivity contribution in [1.29, 1.82) is 0 Å². The van der Waals surface area contributed by atoms with Gasteiger partial charge >= 0.3 is 6.61 Å². The number of nitrogens with zero attached hydrogens (tertiary/aromatic N) is 3. The molecule has 0 fully saturated rings. The van der Waals surface area contributed by atoms with Gasteiger partial charge in [0.2, 0.25) is 0 Å². The Bertz CT molecular complexity index is 784. The maximum Gasteiger partial charge on any atom is 0.387 e. The molecule has 29 heavy (non-hydrogen) atoms. The van der Waals surface area contributed by atoms with Gasteiger partial charge in [-0.3, -0.25) is 4.99 Å². The SMILES string of the molecule is CCNC(=NCCc1ccc(OC)c(OC(F)F)c1)N(C)Cc1cccn1C.I. The molecule has 0 saturated heterocycles. The van der Waals surface area contributed by atoms with E-state index in [2.05, 4.69) is 30.6 Å². The predicted molar refractivity (Wildman–Crippen MR) is 122 cm³/mol. The minimum Gasteiger partial charge on any atom is -0.493 e. The highest BCUT2D eigenvalue weighted by molar-refractivity contribution is 14.0. The molecule has 1 aromatic heterocycles. The summed E-state index contributed by atoms with van der Waals surface area (Å²) in [7, 11) is 5.41. The van der Waals surface area contributed by atoms with Crippen LogP contribution < -0.4 is 14.8 Å². The van der Waals surface area contributed by atoms with Gasteiger partial charge in [-0.05, 0) is 43.2 Å². The molecule has 1 aromatic carbocycles. The lowest BCUT2D eigenvalue weighted by molar-refractivity contribution is -0.0512. The summed E-state index contributed by atoms with van der Waals surface area (Å²) in [5.74, 6) is 1.11. The van der Waals surface area contributed by atoms with Gasteiger partial charge in [-0.25, -0.2) is 0 Å². The fraction of sp³-hybridized carbons (Fsp3) is 0.450. The summed E-state index contributed by atoms with van der Waals surface area (Å²) >= 11 is 0. The van der Waals surface area contributed by atoms with Gasteiger partial charge in [0.05, 0.1) is 13.7 Å². The summed E-state index contributed by atoms with van der Waals surface area (Å²) in [6, 6.07) is 9.11. The van der Waals surface area contributed by atoms with Crippen LogP contribution in [0, 0.1) is 0 Å². The van der Waals surface area contributed by atoms with Crippen LogP contribution in [0.1, 0.15) is 18.2 Å². The molecule has 0 aliphatic heterocycles. The summed E-state index contributed by atoms with van der Waals surface area (Å²) < 4.78 is 36.8. The van der Waals surface area contributed by atoms with Crippen molar-refractivity contribution in [3.05, 3.63) is 47.8 Å². The van der Waals surface area contributed by atoms with Crippen molar-refractivity contribution < 1.29 is 18.3 Å². The molecule has 2 rings (SSSR count). The van der Waals surface area contributed by atoms with E-state index in [1.54, 1.807) is 12.1 Å². The lowest BCUT2D eigenvalue weighted by atomic mass is 10.1. The van der Waals surface area contributed by atoms with Gasteiger partial charge in [-0.2, -0.15) is 8.78 Å². The van der Waals surface area contributed by atoms with E-state index in [1.165, 1.54) is 12.8 Å². The lowest BCUT2D eigenvalue weighted by Crippen LogP contribution is -2.39. The quantitative estimate of drug-likeness (QED) is 0.309. The topological polar surface area (TPSA) is 51.0 Å². The largest absolute Gasteiger partial charge is 0.493 e. The third-order valence-electron chi connectivity index (χ3n) is 4.25. The monoisotopic (exact) mass is 522 g/mol. The Kier molecular flexibility index (Phi) is 10.8. The van der Waals surface area contributed by atoms with E-state index >= 15 is 0 Å². The molecule has 9 heteroatoms. The van der Waals surface area contributed by atoms with Crippen LogP contribution in [0.15, 0.2) is 41.5 Å². The molecule has 0 aliphatic rings. The highest BCUT2D eigenvalue weighted by Crippen LogP contribution is 2.29. The molecule has 0 aliphatic carbocycles. The lowest BCUT2D eigenvalue weighted by Gasteiger charge is -2.22. The molecule has 0 atom stereocenters. The van der Waals surface area contributed by atoms with Crippen molar-refractivity contribution in [3.8, 4) is 11.5 Å². The third-order valence-corrected chi connectivity index (χ3v) is 4.25. The van der Waals surface area contributed by atoms with Gasteiger partial charge in [0.15, 0.2) is 17.5 Å². The van der Waals surface area contributed by atoms with Crippen LogP contribution in [-0.2, 0) is 20.0 Å². The minimum atomic E-state index is -2.89. The van der Waals surface area contributed by atoms with Crippen LogP contribution >= 0.6 is 24.0 Å². The summed E-state index contributed by atoms with van der Waals surface area (Å²) in [5.41, 5.74) is 2.03. The van der Waals surface area contributed by atoms with Crippen LogP contribution in [0.25, 0.3) is 0 Å². The molecular formula is C20H29F2IN4O2. The maximum absolute atomic E-state index is 12.6. The summed E-state index contributed by atoms with van der Waals surface area (Å²) in [5, 5.41) is 3.28. The average molecular weight is 522 g/mol. The second-order valence-corrected chi connectivity index (χ2v) is 6.32. The average Bonchev–Trinajstić information content (AvgIpc) is 3.05. The van der Waals surface area contributed by atoms with Gasteiger partial charge in [0.25, 0.3) is 0 Å². The van der Waals surface area contributed by atoms with Gasteiger partial charge in [-0.15, -0.1) is 24.0 Å². The van der Waals surface area contributed by atoms with Crippen LogP contribution in [0.4, 0.5) is 8.78 Å². The Morgan fingerprint density at radius 1 is 1.28 bits per heavy atom. The van der Waals surface area contributed by atoms with Gasteiger partial charge in [0.1, 0.15) is 0 Å². The molecule has 6 nitrogen and oxygen atoms in total. The maximum atomic E-state index is 12.6. The molecule has 0 bridgehead atoms. The second kappa shape index (κ2) is 12.5. The van der Waals surface area contributed by atoms with Crippen molar-refractivity contribution in [2.24, 2.45) is 12.0 Å². The number of aliphatic imine (C=N–C) groups is 1. The highest BCUT2D eigenvalue weighted by atomic mass is 127. The Hall–Kier alpha value is -2.04. The number of nitrogens with one attached hydrogen (secondary N) is 1. The zero-order chi connectivity index (χ0) is 20.5. The third kappa shape index (κ3) is 7.71. The highest BCUT2D eigenvalue weighted by Gasteiger charge is 2.12. The van der Waals surface area contributed by atoms with E-state index in [1.807, 2.05) is 39.3 Å². The van der Waals surface area contributed by atoms with Crippen molar-refractivity contribution in [2.75, 3.05) is 27.2 Å². The molecule has 162 valence electrons. The molecular weight excluding hydrogens is 493 g/mol. The number of benzene rings is 1. The van der Waals surface area contributed by atoms with E-state index in [-0.39, 0.29) is 35.5 Å². The number of aryl methyl sites for hydroxylation is 1. The number of ether oxygens (including phenoxy) is 2. The number of aromatic nitrogens is 1. The fourth-order valence-electron chi connectivity index (χ4n) is 2.80. The minimum absolute atomic E-state index is 0. The normalized spacial score (nSPS) is 11.2. The number of hydrogen-bond donors (Lipinski definition) is 1. The smallest absolute Gasteiger partial charge is 0.387 e.